The number of hydrogen-bond donors (Lipinski definition) is 0. The number of carbonyl (C=O) groups excluding carboxylic acids is 2. The van der Waals surface area contributed by atoms with E-state index in [1.54, 1.807) is 29.2 Å². The van der Waals surface area contributed by atoms with E-state index < -0.39 is 0 Å². The lowest BCUT2D eigenvalue weighted by atomic mass is 10.0. The molecule has 0 saturated carbocycles. The summed E-state index contributed by atoms with van der Waals surface area (Å²) in [5.41, 5.74) is 5.23. The van der Waals surface area contributed by atoms with Crippen molar-refractivity contribution >= 4 is 38.4 Å². The van der Waals surface area contributed by atoms with Crippen molar-refractivity contribution in [1.82, 2.24) is 14.8 Å². The van der Waals surface area contributed by atoms with Gasteiger partial charge in [0, 0.05) is 23.4 Å². The first-order chi connectivity index (χ1) is 15.7. The van der Waals surface area contributed by atoms with Gasteiger partial charge in [-0.15, -0.1) is 0 Å². The highest BCUT2D eigenvalue weighted by Crippen LogP contribution is 2.34. The van der Waals surface area contributed by atoms with Gasteiger partial charge in [-0.25, -0.2) is 4.98 Å². The van der Waals surface area contributed by atoms with Crippen LogP contribution in [-0.4, -0.2) is 33.0 Å². The average molecular weight is 461 g/mol. The summed E-state index contributed by atoms with van der Waals surface area (Å²) < 4.78 is 2.98. The molecule has 0 fully saturated rings. The maximum absolute atomic E-state index is 13.6. The van der Waals surface area contributed by atoms with Crippen LogP contribution in [0.15, 0.2) is 48.5 Å². The first-order valence-corrected chi connectivity index (χ1v) is 11.9. The second-order valence-corrected chi connectivity index (χ2v) is 9.59. The minimum Gasteiger partial charge on any atom is -0.295 e. The molecule has 7 heteroatoms. The highest BCUT2D eigenvalue weighted by Gasteiger charge is 2.23. The molecule has 2 aromatic heterocycles. The van der Waals surface area contributed by atoms with Crippen molar-refractivity contribution in [1.29, 1.82) is 0 Å². The number of Topliss-reactive ketones (excluding diaryl/α,β-unsaturated/α-hetero) is 1. The highest BCUT2D eigenvalue weighted by atomic mass is 32.1. The number of anilines is 1. The molecule has 4 aromatic rings. The largest absolute Gasteiger partial charge is 0.295 e. The Balaban J connectivity index is 1.72. The predicted molar refractivity (Wildman–Crippen MR) is 134 cm³/mol. The molecule has 6 nitrogen and oxygen atoms in total. The summed E-state index contributed by atoms with van der Waals surface area (Å²) in [7, 11) is 0. The number of rotatable bonds is 7. The number of ketones is 1. The Morgan fingerprint density at radius 2 is 1.76 bits per heavy atom. The molecule has 0 unspecified atom stereocenters. The third kappa shape index (κ3) is 4.73. The fourth-order valence-electron chi connectivity index (χ4n) is 3.92. The molecule has 0 atom stereocenters. The van der Waals surface area contributed by atoms with E-state index in [1.807, 2.05) is 36.7 Å². The first kappa shape index (κ1) is 22.9. The molecule has 0 bridgehead atoms. The molecule has 0 radical (unpaired) electrons. The monoisotopic (exact) mass is 460 g/mol. The van der Waals surface area contributed by atoms with Gasteiger partial charge in [-0.3, -0.25) is 19.2 Å². The highest BCUT2D eigenvalue weighted by molar-refractivity contribution is 7.22. The lowest BCUT2D eigenvalue weighted by Gasteiger charge is -2.20. The number of carbonyl (C=O) groups is 2. The number of aromatic nitrogens is 3. The van der Waals surface area contributed by atoms with Crippen LogP contribution in [-0.2, 0) is 6.54 Å². The topological polar surface area (TPSA) is 68.1 Å². The van der Waals surface area contributed by atoms with E-state index in [-0.39, 0.29) is 11.7 Å². The lowest BCUT2D eigenvalue weighted by Crippen LogP contribution is -2.34. The number of aryl methyl sites for hydroxylation is 2. The molecule has 0 aliphatic rings. The summed E-state index contributed by atoms with van der Waals surface area (Å²) in [5.74, 6) is 0.168. The minimum absolute atomic E-state index is 0.0252. The van der Waals surface area contributed by atoms with Crippen LogP contribution >= 0.6 is 11.3 Å². The van der Waals surface area contributed by atoms with Crippen LogP contribution in [0.25, 0.3) is 10.2 Å². The normalized spacial score (nSPS) is 11.3. The van der Waals surface area contributed by atoms with Crippen molar-refractivity contribution < 1.29 is 9.59 Å². The smallest absolute Gasteiger partial charge is 0.260 e. The Kier molecular flexibility index (Phi) is 6.42. The zero-order valence-corrected chi connectivity index (χ0v) is 20.4. The number of para-hydroxylation sites is 1. The van der Waals surface area contributed by atoms with Gasteiger partial charge in [-0.1, -0.05) is 49.4 Å². The fourth-order valence-corrected chi connectivity index (χ4v) is 4.95. The van der Waals surface area contributed by atoms with Crippen LogP contribution in [0.1, 0.15) is 64.4 Å². The van der Waals surface area contributed by atoms with Gasteiger partial charge in [-0.05, 0) is 56.5 Å². The summed E-state index contributed by atoms with van der Waals surface area (Å²) in [6, 6.07) is 15.0. The van der Waals surface area contributed by atoms with E-state index >= 15 is 0 Å². The number of amides is 1. The second-order valence-electron chi connectivity index (χ2n) is 8.59. The molecule has 170 valence electrons. The van der Waals surface area contributed by atoms with Crippen LogP contribution in [0, 0.1) is 13.8 Å². The molecule has 2 aromatic carbocycles. The Morgan fingerprint density at radius 3 is 2.36 bits per heavy atom. The second kappa shape index (κ2) is 9.27. The molecular formula is C26H28N4O2S. The standard InChI is InChI=1S/C26H28N4O2S/c1-16(2)22-7-6-8-23-24(22)27-26(33-23)29(13-14-30-18(4)15-17(3)28-30)25(32)21-11-9-20(10-12-21)19(5)31/h6-12,15-16H,13-14H2,1-5H3. The van der Waals surface area contributed by atoms with Crippen molar-refractivity contribution in [3.05, 3.63) is 76.6 Å². The van der Waals surface area contributed by atoms with E-state index in [9.17, 15) is 9.59 Å². The van der Waals surface area contributed by atoms with Crippen molar-refractivity contribution in [2.75, 3.05) is 11.4 Å². The van der Waals surface area contributed by atoms with Gasteiger partial charge in [-0.2, -0.15) is 5.10 Å². The van der Waals surface area contributed by atoms with Gasteiger partial charge in [0.25, 0.3) is 5.91 Å². The third-order valence-electron chi connectivity index (χ3n) is 5.71. The lowest BCUT2D eigenvalue weighted by molar-refractivity contribution is 0.0981. The SMILES string of the molecule is CC(=O)c1ccc(C(=O)N(CCn2nc(C)cc2C)c2nc3c(C(C)C)cccc3s2)cc1. The van der Waals surface area contributed by atoms with Gasteiger partial charge in [0.05, 0.1) is 22.5 Å². The van der Waals surface area contributed by atoms with Crippen molar-refractivity contribution in [3.63, 3.8) is 0 Å². The van der Waals surface area contributed by atoms with Gasteiger partial charge < -0.3 is 0 Å². The molecule has 0 N–H and O–H groups in total. The van der Waals surface area contributed by atoms with E-state index in [0.717, 1.165) is 21.6 Å². The predicted octanol–water partition coefficient (Wildman–Crippen LogP) is 5.78. The number of benzene rings is 2. The molecule has 33 heavy (non-hydrogen) atoms. The Morgan fingerprint density at radius 1 is 1.06 bits per heavy atom. The van der Waals surface area contributed by atoms with Gasteiger partial charge in [0.15, 0.2) is 10.9 Å². The molecule has 0 aliphatic heterocycles. The fraction of sp³-hybridized carbons (Fsp3) is 0.308. The molecule has 2 heterocycles. The number of thiazole rings is 1. The molecule has 0 spiro atoms. The summed E-state index contributed by atoms with van der Waals surface area (Å²) in [4.78, 5) is 31.9. The summed E-state index contributed by atoms with van der Waals surface area (Å²) >= 11 is 1.52. The molecule has 1 amide bonds. The van der Waals surface area contributed by atoms with E-state index in [1.165, 1.54) is 23.8 Å². The van der Waals surface area contributed by atoms with Crippen LogP contribution in [0.4, 0.5) is 5.13 Å². The number of hydrogen-bond acceptors (Lipinski definition) is 5. The van der Waals surface area contributed by atoms with Crippen molar-refractivity contribution in [3.8, 4) is 0 Å². The zero-order chi connectivity index (χ0) is 23.7. The number of nitrogens with zero attached hydrogens (tertiary/aromatic N) is 4. The van der Waals surface area contributed by atoms with Gasteiger partial charge in [0.1, 0.15) is 0 Å². The van der Waals surface area contributed by atoms with Crippen LogP contribution in [0.2, 0.25) is 0 Å². The number of fused-ring (bicyclic) bond motifs is 1. The maximum atomic E-state index is 13.6. The summed E-state index contributed by atoms with van der Waals surface area (Å²) in [6.07, 6.45) is 0. The molecular weight excluding hydrogens is 432 g/mol. The van der Waals surface area contributed by atoms with Crippen LogP contribution in [0.5, 0.6) is 0 Å². The van der Waals surface area contributed by atoms with Crippen LogP contribution < -0.4 is 4.90 Å². The van der Waals surface area contributed by atoms with Crippen LogP contribution in [0.3, 0.4) is 0 Å². The van der Waals surface area contributed by atoms with Crippen molar-refractivity contribution in [2.45, 2.75) is 47.1 Å². The minimum atomic E-state index is -0.142. The molecule has 4 rings (SSSR count). The third-order valence-corrected chi connectivity index (χ3v) is 6.76. The van der Waals surface area contributed by atoms with E-state index in [2.05, 4.69) is 25.0 Å². The van der Waals surface area contributed by atoms with Gasteiger partial charge >= 0.3 is 0 Å². The molecule has 0 saturated heterocycles. The summed E-state index contributed by atoms with van der Waals surface area (Å²) in [5, 5.41) is 5.21. The maximum Gasteiger partial charge on any atom is 0.260 e. The zero-order valence-electron chi connectivity index (χ0n) is 19.6. The Hall–Kier alpha value is -3.32. The summed E-state index contributed by atoms with van der Waals surface area (Å²) in [6.45, 7) is 10.8. The van der Waals surface area contributed by atoms with E-state index in [4.69, 9.17) is 4.98 Å². The van der Waals surface area contributed by atoms with E-state index in [0.29, 0.717) is 35.3 Å². The van der Waals surface area contributed by atoms with Gasteiger partial charge in [0.2, 0.25) is 0 Å². The average Bonchev–Trinajstić information content (AvgIpc) is 3.35. The first-order valence-electron chi connectivity index (χ1n) is 11.1. The van der Waals surface area contributed by atoms with Crippen molar-refractivity contribution in [2.24, 2.45) is 0 Å². The quantitative estimate of drug-likeness (QED) is 0.328. The Bertz CT molecular complexity index is 1320. The Labute approximate surface area is 197 Å². The molecule has 0 aliphatic carbocycles.